The second kappa shape index (κ2) is 15.5. The van der Waals surface area contributed by atoms with E-state index in [4.69, 9.17) is 4.74 Å². The highest BCUT2D eigenvalue weighted by molar-refractivity contribution is 5.95. The van der Waals surface area contributed by atoms with Gasteiger partial charge in [0.2, 0.25) is 23.6 Å². The Bertz CT molecular complexity index is 1540. The summed E-state index contributed by atoms with van der Waals surface area (Å²) in [5.41, 5.74) is 0.812. The van der Waals surface area contributed by atoms with Crippen molar-refractivity contribution in [1.29, 1.82) is 0 Å². The van der Waals surface area contributed by atoms with Crippen LogP contribution in [0.15, 0.2) is 72.8 Å². The number of aryl methyl sites for hydroxylation is 1. The van der Waals surface area contributed by atoms with Gasteiger partial charge in [0.1, 0.15) is 36.3 Å². The molecule has 4 rings (SSSR count). The number of benzene rings is 3. The van der Waals surface area contributed by atoms with Gasteiger partial charge in [0.05, 0.1) is 18.6 Å². The number of nitrogens with one attached hydrogen (secondary N) is 3. The molecule has 0 saturated carbocycles. The number of rotatable bonds is 13. The van der Waals surface area contributed by atoms with Gasteiger partial charge in [0, 0.05) is 31.0 Å². The summed E-state index contributed by atoms with van der Waals surface area (Å²) in [6.07, 6.45) is -0.0404. The first-order chi connectivity index (χ1) is 21.9. The van der Waals surface area contributed by atoms with Crippen molar-refractivity contribution in [3.05, 3.63) is 107 Å². The van der Waals surface area contributed by atoms with Gasteiger partial charge >= 0.3 is 0 Å². The molecule has 12 heteroatoms. The number of nitrogens with zero attached hydrogens (tertiary/aromatic N) is 1. The molecule has 46 heavy (non-hydrogen) atoms. The Hall–Kier alpha value is -4.71. The van der Waals surface area contributed by atoms with Crippen molar-refractivity contribution in [3.8, 4) is 0 Å². The Morgan fingerprint density at radius 2 is 1.54 bits per heavy atom. The van der Waals surface area contributed by atoms with Gasteiger partial charge in [-0.15, -0.1) is 0 Å². The van der Waals surface area contributed by atoms with Crippen molar-refractivity contribution in [2.75, 3.05) is 13.3 Å². The zero-order chi connectivity index (χ0) is 33.3. The molecule has 2 atom stereocenters. The lowest BCUT2D eigenvalue weighted by Crippen LogP contribution is -2.56. The summed E-state index contributed by atoms with van der Waals surface area (Å²) in [7, 11) is 0. The molecule has 1 aliphatic heterocycles. The lowest BCUT2D eigenvalue weighted by Gasteiger charge is -2.31. The molecular formula is C34H37F3N4O5. The van der Waals surface area contributed by atoms with Crippen LogP contribution in [-0.4, -0.2) is 59.5 Å². The number of hydrogen-bond donors (Lipinski definition) is 3. The summed E-state index contributed by atoms with van der Waals surface area (Å²) in [5, 5.41) is 7.81. The van der Waals surface area contributed by atoms with Gasteiger partial charge in [0.25, 0.3) is 0 Å². The maximum Gasteiger partial charge on any atom is 0.243 e. The molecule has 1 heterocycles. The van der Waals surface area contributed by atoms with E-state index in [2.05, 4.69) is 16.0 Å². The third-order valence-corrected chi connectivity index (χ3v) is 7.68. The molecule has 3 aromatic carbocycles. The first kappa shape index (κ1) is 34.2. The van der Waals surface area contributed by atoms with E-state index in [1.807, 2.05) is 44.2 Å². The molecular weight excluding hydrogens is 601 g/mol. The molecule has 0 bridgehead atoms. The number of carbonyl (C=O) groups is 4. The lowest BCUT2D eigenvalue weighted by molar-refractivity contribution is -0.139. The maximum atomic E-state index is 14.2. The van der Waals surface area contributed by atoms with Gasteiger partial charge < -0.3 is 25.6 Å². The fraction of sp³-hybridized carbons (Fsp3) is 0.353. The zero-order valence-corrected chi connectivity index (χ0v) is 25.7. The van der Waals surface area contributed by atoms with Gasteiger partial charge in [-0.2, -0.15) is 0 Å². The molecule has 0 spiro atoms. The molecule has 0 unspecified atom stereocenters. The molecule has 244 valence electrons. The van der Waals surface area contributed by atoms with Crippen molar-refractivity contribution in [3.63, 3.8) is 0 Å². The van der Waals surface area contributed by atoms with Crippen LogP contribution in [-0.2, 0) is 43.3 Å². The van der Waals surface area contributed by atoms with Crippen molar-refractivity contribution in [2.45, 2.75) is 63.7 Å². The minimum absolute atomic E-state index is 0.0196. The zero-order valence-electron chi connectivity index (χ0n) is 25.7. The standard InChI is InChI=1S/C34H37F3N4O5/c1-34(2)20-46-21-41(34)31(43)18-29(39-30(42)15-10-22-6-4-3-5-7-22)33(45)40-28(16-23-8-12-25(35)13-9-23)32(44)38-19-24-11-14-26(36)17-27(24)37/h3-9,11-14,17,28-29H,10,15-16,18-21H2,1-2H3,(H,38,44)(H,39,42)(H,40,45)/t28-,29-/m0/s1. The van der Waals surface area contributed by atoms with Crippen LogP contribution >= 0.6 is 0 Å². The van der Waals surface area contributed by atoms with Gasteiger partial charge in [-0.05, 0) is 49.6 Å². The van der Waals surface area contributed by atoms with E-state index in [0.717, 1.165) is 11.6 Å². The Morgan fingerprint density at radius 1 is 0.848 bits per heavy atom. The number of halogens is 3. The van der Waals surface area contributed by atoms with Crippen molar-refractivity contribution in [1.82, 2.24) is 20.9 Å². The largest absolute Gasteiger partial charge is 0.359 e. The normalized spacial score (nSPS) is 15.1. The highest BCUT2D eigenvalue weighted by atomic mass is 19.1. The van der Waals surface area contributed by atoms with Crippen LogP contribution in [0.3, 0.4) is 0 Å². The second-order valence-electron chi connectivity index (χ2n) is 11.8. The Labute approximate surface area is 265 Å². The number of amides is 4. The van der Waals surface area contributed by atoms with Crippen LogP contribution in [0.5, 0.6) is 0 Å². The van der Waals surface area contributed by atoms with Crippen molar-refractivity contribution >= 4 is 23.6 Å². The summed E-state index contributed by atoms with van der Waals surface area (Å²) in [4.78, 5) is 54.9. The summed E-state index contributed by atoms with van der Waals surface area (Å²) in [5.74, 6) is -4.54. The Balaban J connectivity index is 1.52. The van der Waals surface area contributed by atoms with Gasteiger partial charge in [0.15, 0.2) is 0 Å². The van der Waals surface area contributed by atoms with E-state index >= 15 is 0 Å². The van der Waals surface area contributed by atoms with E-state index in [0.29, 0.717) is 24.7 Å². The lowest BCUT2D eigenvalue weighted by atomic mass is 10.0. The molecule has 1 fully saturated rings. The monoisotopic (exact) mass is 638 g/mol. The molecule has 9 nitrogen and oxygen atoms in total. The molecule has 0 aromatic heterocycles. The fourth-order valence-electron chi connectivity index (χ4n) is 5.02. The van der Waals surface area contributed by atoms with Crippen LogP contribution in [0.4, 0.5) is 13.2 Å². The number of hydrogen-bond acceptors (Lipinski definition) is 5. The van der Waals surface area contributed by atoms with Crippen LogP contribution in [0.1, 0.15) is 43.4 Å². The first-order valence-corrected chi connectivity index (χ1v) is 14.9. The van der Waals surface area contributed by atoms with E-state index in [1.165, 1.54) is 35.2 Å². The highest BCUT2D eigenvalue weighted by Crippen LogP contribution is 2.23. The minimum Gasteiger partial charge on any atom is -0.359 e. The molecule has 3 aromatic rings. The van der Waals surface area contributed by atoms with E-state index in [-0.39, 0.29) is 31.7 Å². The van der Waals surface area contributed by atoms with Crippen molar-refractivity contribution < 1.29 is 37.1 Å². The van der Waals surface area contributed by atoms with E-state index in [9.17, 15) is 32.3 Å². The minimum atomic E-state index is -1.34. The summed E-state index contributed by atoms with van der Waals surface area (Å²) in [6.45, 7) is 3.66. The van der Waals surface area contributed by atoms with Gasteiger partial charge in [-0.25, -0.2) is 13.2 Å². The fourth-order valence-corrected chi connectivity index (χ4v) is 5.02. The third-order valence-electron chi connectivity index (χ3n) is 7.68. The van der Waals surface area contributed by atoms with Crippen molar-refractivity contribution in [2.24, 2.45) is 0 Å². The van der Waals surface area contributed by atoms with Gasteiger partial charge in [-0.1, -0.05) is 48.5 Å². The summed E-state index contributed by atoms with van der Waals surface area (Å²) in [6, 6.07) is 14.9. The highest BCUT2D eigenvalue weighted by Gasteiger charge is 2.38. The topological polar surface area (TPSA) is 117 Å². The number of carbonyl (C=O) groups excluding carboxylic acids is 4. The molecule has 0 radical (unpaired) electrons. The van der Waals surface area contributed by atoms with Gasteiger partial charge in [-0.3, -0.25) is 19.2 Å². The quantitative estimate of drug-likeness (QED) is 0.265. The molecule has 1 saturated heterocycles. The van der Waals surface area contributed by atoms with Crippen LogP contribution < -0.4 is 16.0 Å². The molecule has 3 N–H and O–H groups in total. The Morgan fingerprint density at radius 3 is 2.20 bits per heavy atom. The van der Waals surface area contributed by atoms with Crippen LogP contribution in [0.2, 0.25) is 0 Å². The van der Waals surface area contributed by atoms with Crippen LogP contribution in [0.25, 0.3) is 0 Å². The average Bonchev–Trinajstić information content (AvgIpc) is 3.39. The number of ether oxygens (including phenoxy) is 1. The summed E-state index contributed by atoms with van der Waals surface area (Å²) >= 11 is 0. The molecule has 0 aliphatic carbocycles. The average molecular weight is 639 g/mol. The van der Waals surface area contributed by atoms with E-state index in [1.54, 1.807) is 0 Å². The van der Waals surface area contributed by atoms with Crippen LogP contribution in [0, 0.1) is 17.5 Å². The van der Waals surface area contributed by atoms with E-state index < -0.39 is 65.1 Å². The molecule has 1 aliphatic rings. The Kier molecular flexibility index (Phi) is 11.5. The predicted molar refractivity (Wildman–Crippen MR) is 163 cm³/mol. The third kappa shape index (κ3) is 9.64. The summed E-state index contributed by atoms with van der Waals surface area (Å²) < 4.78 is 46.6. The predicted octanol–water partition coefficient (Wildman–Crippen LogP) is 3.55. The molecule has 4 amide bonds. The SMILES string of the molecule is CC1(C)COCN1C(=O)C[C@H](NC(=O)CCc1ccccc1)C(=O)N[C@@H](Cc1ccc(F)cc1)C(=O)NCc1ccc(F)cc1F. The first-order valence-electron chi connectivity index (χ1n) is 14.9. The second-order valence-corrected chi connectivity index (χ2v) is 11.8. The maximum absolute atomic E-state index is 14.2. The smallest absolute Gasteiger partial charge is 0.243 e.